The number of rotatable bonds is 1. The van der Waals surface area contributed by atoms with Crippen molar-refractivity contribution in [2.75, 3.05) is 38.5 Å². The summed E-state index contributed by atoms with van der Waals surface area (Å²) in [5.41, 5.74) is -0.165. The Balaban J connectivity index is 1.61. The number of thioether (sulfide) groups is 1. The van der Waals surface area contributed by atoms with Gasteiger partial charge in [-0.15, -0.1) is 5.10 Å². The quantitative estimate of drug-likeness (QED) is 0.768. The van der Waals surface area contributed by atoms with Crippen LogP contribution in [0.5, 0.6) is 0 Å². The summed E-state index contributed by atoms with van der Waals surface area (Å²) in [5, 5.41) is 5.45. The zero-order valence-corrected chi connectivity index (χ0v) is 14.1. The van der Waals surface area contributed by atoms with Gasteiger partial charge in [0.1, 0.15) is 6.33 Å². The number of piperazine rings is 1. The number of hydrogen-bond acceptors (Lipinski definition) is 6. The van der Waals surface area contributed by atoms with Crippen LogP contribution in [-0.2, 0) is 5.54 Å². The molecule has 2 aliphatic rings. The molecule has 1 saturated heterocycles. The van der Waals surface area contributed by atoms with Crippen molar-refractivity contribution in [1.82, 2.24) is 24.6 Å². The first-order valence-corrected chi connectivity index (χ1v) is 8.57. The van der Waals surface area contributed by atoms with E-state index in [0.29, 0.717) is 13.1 Å². The Bertz CT molecular complexity index is 582. The van der Waals surface area contributed by atoms with E-state index in [1.807, 2.05) is 25.7 Å². The molecule has 0 atom stereocenters. The van der Waals surface area contributed by atoms with E-state index in [2.05, 4.69) is 20.0 Å². The lowest BCUT2D eigenvalue weighted by Crippen LogP contribution is -2.50. The van der Waals surface area contributed by atoms with E-state index >= 15 is 0 Å². The van der Waals surface area contributed by atoms with E-state index in [1.165, 1.54) is 0 Å². The molecule has 2 aliphatic heterocycles. The molecule has 0 bridgehead atoms. The highest BCUT2D eigenvalue weighted by Crippen LogP contribution is 2.18. The molecule has 1 aromatic rings. The summed E-state index contributed by atoms with van der Waals surface area (Å²) in [6.07, 6.45) is 1.63. The van der Waals surface area contributed by atoms with Crippen LogP contribution in [0.15, 0.2) is 11.3 Å². The first-order chi connectivity index (χ1) is 10.4. The normalized spacial score (nSPS) is 19.5. The smallest absolute Gasteiger partial charge is 0.293 e. The van der Waals surface area contributed by atoms with Gasteiger partial charge >= 0.3 is 0 Å². The maximum Gasteiger partial charge on any atom is 0.293 e. The summed E-state index contributed by atoms with van der Waals surface area (Å²) in [6.45, 7) is 10.1. The largest absolute Gasteiger partial charge is 0.348 e. The highest BCUT2D eigenvalue weighted by molar-refractivity contribution is 8.14. The third-order valence-corrected chi connectivity index (χ3v) is 4.81. The highest BCUT2D eigenvalue weighted by atomic mass is 32.2. The molecule has 0 radical (unpaired) electrons. The minimum Gasteiger partial charge on any atom is -0.348 e. The number of aromatic nitrogens is 3. The molecular formula is C14H22N6OS. The van der Waals surface area contributed by atoms with Crippen LogP contribution in [0.2, 0.25) is 0 Å². The van der Waals surface area contributed by atoms with Crippen LogP contribution in [0, 0.1) is 0 Å². The van der Waals surface area contributed by atoms with Crippen molar-refractivity contribution in [3.63, 3.8) is 0 Å². The predicted molar refractivity (Wildman–Crippen MR) is 87.3 cm³/mol. The number of aliphatic imine (C=N–C) groups is 1. The van der Waals surface area contributed by atoms with Crippen molar-refractivity contribution in [2.45, 2.75) is 26.3 Å². The van der Waals surface area contributed by atoms with Crippen LogP contribution in [-0.4, -0.2) is 74.1 Å². The van der Waals surface area contributed by atoms with Crippen molar-refractivity contribution in [3.05, 3.63) is 12.2 Å². The van der Waals surface area contributed by atoms with Crippen molar-refractivity contribution in [3.8, 4) is 0 Å². The minimum atomic E-state index is -0.165. The van der Waals surface area contributed by atoms with Crippen molar-refractivity contribution in [1.29, 1.82) is 0 Å². The zero-order valence-electron chi connectivity index (χ0n) is 13.3. The van der Waals surface area contributed by atoms with Gasteiger partial charge in [0.25, 0.3) is 5.91 Å². The number of carbonyl (C=O) groups excluding carboxylic acids is 1. The molecule has 3 heterocycles. The zero-order chi connectivity index (χ0) is 15.7. The van der Waals surface area contributed by atoms with E-state index < -0.39 is 0 Å². The molecular weight excluding hydrogens is 300 g/mol. The van der Waals surface area contributed by atoms with Gasteiger partial charge in [0.15, 0.2) is 5.17 Å². The summed E-state index contributed by atoms with van der Waals surface area (Å²) < 4.78 is 1.74. The second-order valence-electron chi connectivity index (χ2n) is 6.48. The number of carbonyl (C=O) groups is 1. The summed E-state index contributed by atoms with van der Waals surface area (Å²) >= 11 is 1.81. The molecule has 0 aliphatic carbocycles. The Morgan fingerprint density at radius 3 is 2.50 bits per heavy atom. The van der Waals surface area contributed by atoms with Gasteiger partial charge in [-0.25, -0.2) is 9.67 Å². The van der Waals surface area contributed by atoms with Crippen LogP contribution in [0.4, 0.5) is 0 Å². The molecule has 1 aromatic heterocycles. The maximum absolute atomic E-state index is 12.5. The first kappa shape index (κ1) is 15.3. The van der Waals surface area contributed by atoms with Gasteiger partial charge in [0.2, 0.25) is 5.82 Å². The van der Waals surface area contributed by atoms with Crippen LogP contribution in [0.1, 0.15) is 31.4 Å². The molecule has 22 heavy (non-hydrogen) atoms. The molecule has 1 fully saturated rings. The first-order valence-electron chi connectivity index (χ1n) is 7.59. The van der Waals surface area contributed by atoms with Crippen LogP contribution in [0.25, 0.3) is 0 Å². The molecule has 3 rings (SSSR count). The van der Waals surface area contributed by atoms with Gasteiger partial charge in [-0.2, -0.15) is 0 Å². The van der Waals surface area contributed by atoms with Crippen LogP contribution >= 0.6 is 11.8 Å². The maximum atomic E-state index is 12.5. The molecule has 0 unspecified atom stereocenters. The van der Waals surface area contributed by atoms with Crippen molar-refractivity contribution < 1.29 is 4.79 Å². The van der Waals surface area contributed by atoms with Gasteiger partial charge in [-0.05, 0) is 20.8 Å². The summed E-state index contributed by atoms with van der Waals surface area (Å²) in [7, 11) is 0. The Morgan fingerprint density at radius 2 is 1.95 bits per heavy atom. The number of amides is 1. The number of nitrogens with zero attached hydrogens (tertiary/aromatic N) is 6. The monoisotopic (exact) mass is 322 g/mol. The third kappa shape index (κ3) is 3.11. The summed E-state index contributed by atoms with van der Waals surface area (Å²) in [6, 6.07) is 0. The third-order valence-electron chi connectivity index (χ3n) is 3.78. The second-order valence-corrected chi connectivity index (χ2v) is 7.54. The molecule has 1 amide bonds. The fourth-order valence-electron chi connectivity index (χ4n) is 2.44. The van der Waals surface area contributed by atoms with Gasteiger partial charge < -0.3 is 9.80 Å². The molecule has 120 valence electrons. The van der Waals surface area contributed by atoms with Crippen LogP contribution in [0.3, 0.4) is 0 Å². The van der Waals surface area contributed by atoms with Crippen molar-refractivity contribution >= 4 is 22.8 Å². The fourth-order valence-corrected chi connectivity index (χ4v) is 3.35. The average Bonchev–Trinajstić information content (AvgIpc) is 3.17. The number of hydrogen-bond donors (Lipinski definition) is 0. The average molecular weight is 322 g/mol. The Hall–Kier alpha value is -1.57. The standard InChI is InChI=1S/C14H22N6OS/c1-14(2,3)20-10-16-11(17-20)12(21)18-5-7-19(8-6-18)13-15-4-9-22-13/h10H,4-9H2,1-3H3. The molecule has 0 spiro atoms. The van der Waals surface area contributed by atoms with E-state index in [4.69, 9.17) is 0 Å². The fraction of sp³-hybridized carbons (Fsp3) is 0.714. The lowest BCUT2D eigenvalue weighted by atomic mass is 10.1. The number of amidine groups is 1. The molecule has 0 saturated carbocycles. The van der Waals surface area contributed by atoms with E-state index in [1.54, 1.807) is 22.8 Å². The predicted octanol–water partition coefficient (Wildman–Crippen LogP) is 0.894. The van der Waals surface area contributed by atoms with Crippen LogP contribution < -0.4 is 0 Å². The minimum absolute atomic E-state index is 0.0799. The second kappa shape index (κ2) is 5.91. The van der Waals surface area contributed by atoms with E-state index in [-0.39, 0.29) is 17.3 Å². The SMILES string of the molecule is CC(C)(C)n1cnc(C(=O)N2CCN(C3=NCCS3)CC2)n1. The van der Waals surface area contributed by atoms with Gasteiger partial charge in [-0.1, -0.05) is 11.8 Å². The Labute approximate surface area is 134 Å². The summed E-state index contributed by atoms with van der Waals surface area (Å²) in [5.74, 6) is 1.28. The van der Waals surface area contributed by atoms with Gasteiger partial charge in [0.05, 0.1) is 12.1 Å². The van der Waals surface area contributed by atoms with E-state index in [9.17, 15) is 4.79 Å². The lowest BCUT2D eigenvalue weighted by Gasteiger charge is -2.35. The molecule has 0 aromatic carbocycles. The van der Waals surface area contributed by atoms with E-state index in [0.717, 1.165) is 30.6 Å². The highest BCUT2D eigenvalue weighted by Gasteiger charge is 2.27. The topological polar surface area (TPSA) is 66.6 Å². The van der Waals surface area contributed by atoms with Gasteiger partial charge in [0, 0.05) is 31.9 Å². The molecule has 8 heteroatoms. The summed E-state index contributed by atoms with van der Waals surface area (Å²) in [4.78, 5) is 25.3. The van der Waals surface area contributed by atoms with Gasteiger partial charge in [-0.3, -0.25) is 9.79 Å². The molecule has 7 nitrogen and oxygen atoms in total. The Morgan fingerprint density at radius 1 is 1.23 bits per heavy atom. The Kier molecular flexibility index (Phi) is 4.12. The lowest BCUT2D eigenvalue weighted by molar-refractivity contribution is 0.0680. The van der Waals surface area contributed by atoms with Crippen molar-refractivity contribution in [2.24, 2.45) is 4.99 Å². The molecule has 0 N–H and O–H groups in total.